The molecule has 0 radical (unpaired) electrons. The molecule has 0 bridgehead atoms. The number of carbonyl (C=O) groups excluding carboxylic acids is 1. The summed E-state index contributed by atoms with van der Waals surface area (Å²) in [5.41, 5.74) is 2.66. The van der Waals surface area contributed by atoms with E-state index in [1.54, 1.807) is 11.1 Å². The van der Waals surface area contributed by atoms with E-state index in [1.807, 2.05) is 55.8 Å². The van der Waals surface area contributed by atoms with Gasteiger partial charge in [-0.15, -0.1) is 0 Å². The number of nitrogens with zero attached hydrogens (tertiary/aromatic N) is 3. The normalized spacial score (nSPS) is 10.4. The van der Waals surface area contributed by atoms with Crippen molar-refractivity contribution in [1.29, 1.82) is 0 Å². The third kappa shape index (κ3) is 3.60. The third-order valence-corrected chi connectivity index (χ3v) is 3.40. The van der Waals surface area contributed by atoms with E-state index in [0.717, 1.165) is 17.0 Å². The zero-order chi connectivity index (χ0) is 15.4. The van der Waals surface area contributed by atoms with Crippen LogP contribution in [0, 0.1) is 6.92 Å². The molecule has 0 spiro atoms. The SMILES string of the molecule is C=C(C)CN(Cc1ccccc1)C(=O)c1cnc(C)n1C. The summed E-state index contributed by atoms with van der Waals surface area (Å²) in [5, 5.41) is 0. The maximum absolute atomic E-state index is 12.7. The standard InChI is InChI=1S/C17H21N3O/c1-13(2)11-20(12-15-8-6-5-7-9-15)17(21)16-10-18-14(3)19(16)4/h5-10H,1,11-12H2,2-4H3. The van der Waals surface area contributed by atoms with Crippen LogP contribution in [0.25, 0.3) is 0 Å². The van der Waals surface area contributed by atoms with Gasteiger partial charge in [0, 0.05) is 20.1 Å². The predicted molar refractivity (Wildman–Crippen MR) is 83.9 cm³/mol. The van der Waals surface area contributed by atoms with Crippen LogP contribution in [0.15, 0.2) is 48.7 Å². The van der Waals surface area contributed by atoms with Gasteiger partial charge < -0.3 is 9.47 Å². The van der Waals surface area contributed by atoms with Crippen LogP contribution in [0.1, 0.15) is 28.8 Å². The molecule has 1 amide bonds. The summed E-state index contributed by atoms with van der Waals surface area (Å²) in [6.45, 7) is 8.85. The van der Waals surface area contributed by atoms with E-state index >= 15 is 0 Å². The maximum atomic E-state index is 12.7. The van der Waals surface area contributed by atoms with Crippen molar-refractivity contribution < 1.29 is 4.79 Å². The molecule has 2 rings (SSSR count). The molecule has 0 aliphatic heterocycles. The molecule has 0 saturated heterocycles. The number of aromatic nitrogens is 2. The second kappa shape index (κ2) is 6.39. The van der Waals surface area contributed by atoms with Gasteiger partial charge in [-0.25, -0.2) is 4.98 Å². The molecule has 110 valence electrons. The molecule has 0 N–H and O–H groups in total. The number of aryl methyl sites for hydroxylation is 1. The van der Waals surface area contributed by atoms with E-state index in [1.165, 1.54) is 0 Å². The average molecular weight is 283 g/mol. The largest absolute Gasteiger partial charge is 0.329 e. The van der Waals surface area contributed by atoms with Crippen molar-refractivity contribution in [2.24, 2.45) is 7.05 Å². The summed E-state index contributed by atoms with van der Waals surface area (Å²) in [6.07, 6.45) is 1.63. The lowest BCUT2D eigenvalue weighted by molar-refractivity contribution is 0.0748. The minimum Gasteiger partial charge on any atom is -0.329 e. The third-order valence-electron chi connectivity index (χ3n) is 3.40. The van der Waals surface area contributed by atoms with Crippen LogP contribution in [-0.4, -0.2) is 26.9 Å². The second-order valence-corrected chi connectivity index (χ2v) is 5.35. The van der Waals surface area contributed by atoms with Gasteiger partial charge in [0.2, 0.25) is 0 Å². The van der Waals surface area contributed by atoms with E-state index < -0.39 is 0 Å². The fourth-order valence-electron chi connectivity index (χ4n) is 2.19. The molecule has 0 atom stereocenters. The first-order valence-corrected chi connectivity index (χ1v) is 6.95. The summed E-state index contributed by atoms with van der Waals surface area (Å²) in [6, 6.07) is 9.97. The van der Waals surface area contributed by atoms with E-state index in [9.17, 15) is 4.79 Å². The topological polar surface area (TPSA) is 38.1 Å². The van der Waals surface area contributed by atoms with E-state index in [2.05, 4.69) is 11.6 Å². The first-order chi connectivity index (χ1) is 9.99. The van der Waals surface area contributed by atoms with Crippen LogP contribution in [-0.2, 0) is 13.6 Å². The second-order valence-electron chi connectivity index (χ2n) is 5.35. The van der Waals surface area contributed by atoms with Crippen molar-refractivity contribution in [3.63, 3.8) is 0 Å². The zero-order valence-corrected chi connectivity index (χ0v) is 12.8. The number of benzene rings is 1. The van der Waals surface area contributed by atoms with Gasteiger partial charge in [-0.05, 0) is 19.4 Å². The summed E-state index contributed by atoms with van der Waals surface area (Å²) in [7, 11) is 1.86. The number of hydrogen-bond donors (Lipinski definition) is 0. The molecule has 4 heteroatoms. The first kappa shape index (κ1) is 15.0. The Kier molecular flexibility index (Phi) is 4.58. The van der Waals surface area contributed by atoms with Crippen LogP contribution >= 0.6 is 0 Å². The van der Waals surface area contributed by atoms with Gasteiger partial charge >= 0.3 is 0 Å². The Morgan fingerprint density at radius 3 is 2.52 bits per heavy atom. The fraction of sp³-hybridized carbons (Fsp3) is 0.294. The van der Waals surface area contributed by atoms with E-state index in [0.29, 0.717) is 18.8 Å². The quantitative estimate of drug-likeness (QED) is 0.791. The van der Waals surface area contributed by atoms with Crippen molar-refractivity contribution in [3.8, 4) is 0 Å². The van der Waals surface area contributed by atoms with Gasteiger partial charge in [0.05, 0.1) is 6.20 Å². The number of imidazole rings is 1. The molecule has 21 heavy (non-hydrogen) atoms. The van der Waals surface area contributed by atoms with Crippen LogP contribution < -0.4 is 0 Å². The van der Waals surface area contributed by atoms with Crippen molar-refractivity contribution in [3.05, 3.63) is 65.8 Å². The van der Waals surface area contributed by atoms with Crippen LogP contribution in [0.4, 0.5) is 0 Å². The minimum atomic E-state index is -0.0232. The highest BCUT2D eigenvalue weighted by Gasteiger charge is 2.20. The lowest BCUT2D eigenvalue weighted by atomic mass is 10.2. The Labute approximate surface area is 125 Å². The molecule has 1 aromatic heterocycles. The molecule has 1 heterocycles. The number of amides is 1. The van der Waals surface area contributed by atoms with Crippen LogP contribution in [0.3, 0.4) is 0 Å². The Balaban J connectivity index is 2.25. The number of carbonyl (C=O) groups is 1. The Morgan fingerprint density at radius 1 is 1.33 bits per heavy atom. The molecule has 1 aromatic carbocycles. The first-order valence-electron chi connectivity index (χ1n) is 6.95. The van der Waals surface area contributed by atoms with Gasteiger partial charge in [0.1, 0.15) is 11.5 Å². The smallest absolute Gasteiger partial charge is 0.272 e. The van der Waals surface area contributed by atoms with Gasteiger partial charge in [-0.1, -0.05) is 42.5 Å². The lowest BCUT2D eigenvalue weighted by Gasteiger charge is -2.23. The molecule has 0 aliphatic rings. The van der Waals surface area contributed by atoms with Crippen LogP contribution in [0.5, 0.6) is 0 Å². The maximum Gasteiger partial charge on any atom is 0.272 e. The van der Waals surface area contributed by atoms with E-state index in [-0.39, 0.29) is 5.91 Å². The van der Waals surface area contributed by atoms with Crippen molar-refractivity contribution in [1.82, 2.24) is 14.5 Å². The average Bonchev–Trinajstić information content (AvgIpc) is 2.78. The Morgan fingerprint density at radius 2 is 2.00 bits per heavy atom. The molecule has 0 saturated carbocycles. The molecular formula is C17H21N3O. The van der Waals surface area contributed by atoms with Crippen molar-refractivity contribution in [2.75, 3.05) is 6.54 Å². The Hall–Kier alpha value is -2.36. The molecular weight excluding hydrogens is 262 g/mol. The van der Waals surface area contributed by atoms with Gasteiger partial charge in [0.15, 0.2) is 0 Å². The molecule has 4 nitrogen and oxygen atoms in total. The molecule has 0 unspecified atom stereocenters. The highest BCUT2D eigenvalue weighted by atomic mass is 16.2. The highest BCUT2D eigenvalue weighted by molar-refractivity contribution is 5.92. The zero-order valence-electron chi connectivity index (χ0n) is 12.8. The predicted octanol–water partition coefficient (Wildman–Crippen LogP) is 2.95. The van der Waals surface area contributed by atoms with Crippen LogP contribution in [0.2, 0.25) is 0 Å². The van der Waals surface area contributed by atoms with Gasteiger partial charge in [-0.3, -0.25) is 4.79 Å². The molecule has 0 aliphatic carbocycles. The molecule has 0 fully saturated rings. The highest BCUT2D eigenvalue weighted by Crippen LogP contribution is 2.12. The minimum absolute atomic E-state index is 0.0232. The molecule has 2 aromatic rings. The Bertz CT molecular complexity index is 643. The summed E-state index contributed by atoms with van der Waals surface area (Å²) in [4.78, 5) is 18.7. The van der Waals surface area contributed by atoms with Gasteiger partial charge in [-0.2, -0.15) is 0 Å². The lowest BCUT2D eigenvalue weighted by Crippen LogP contribution is -2.33. The van der Waals surface area contributed by atoms with Crippen molar-refractivity contribution >= 4 is 5.91 Å². The summed E-state index contributed by atoms with van der Waals surface area (Å²) >= 11 is 0. The van der Waals surface area contributed by atoms with Crippen molar-refractivity contribution in [2.45, 2.75) is 20.4 Å². The van der Waals surface area contributed by atoms with E-state index in [4.69, 9.17) is 0 Å². The fourth-order valence-corrected chi connectivity index (χ4v) is 2.19. The number of hydrogen-bond acceptors (Lipinski definition) is 2. The number of rotatable bonds is 5. The summed E-state index contributed by atoms with van der Waals surface area (Å²) in [5.74, 6) is 0.804. The monoisotopic (exact) mass is 283 g/mol. The summed E-state index contributed by atoms with van der Waals surface area (Å²) < 4.78 is 1.82. The van der Waals surface area contributed by atoms with Gasteiger partial charge in [0.25, 0.3) is 5.91 Å².